The SMILES string of the molecule is ON=C(CCF)Cc1ccccc1. The van der Waals surface area contributed by atoms with Crippen LogP contribution in [0.2, 0.25) is 0 Å². The highest BCUT2D eigenvalue weighted by Crippen LogP contribution is 2.03. The smallest absolute Gasteiger partial charge is 0.0947 e. The van der Waals surface area contributed by atoms with E-state index in [1.54, 1.807) is 0 Å². The van der Waals surface area contributed by atoms with Crippen molar-refractivity contribution in [3.8, 4) is 0 Å². The number of hydrogen-bond acceptors (Lipinski definition) is 2. The number of hydrogen-bond donors (Lipinski definition) is 1. The van der Waals surface area contributed by atoms with Crippen LogP contribution in [0.4, 0.5) is 4.39 Å². The van der Waals surface area contributed by atoms with Crippen LogP contribution in [-0.4, -0.2) is 17.6 Å². The number of alkyl halides is 1. The van der Waals surface area contributed by atoms with E-state index in [2.05, 4.69) is 5.16 Å². The maximum absolute atomic E-state index is 11.9. The molecule has 0 amide bonds. The number of halogens is 1. The summed E-state index contributed by atoms with van der Waals surface area (Å²) in [7, 11) is 0. The maximum atomic E-state index is 11.9. The van der Waals surface area contributed by atoms with Gasteiger partial charge in [-0.25, -0.2) is 0 Å². The highest BCUT2D eigenvalue weighted by atomic mass is 19.1. The van der Waals surface area contributed by atoms with Crippen molar-refractivity contribution in [2.24, 2.45) is 5.16 Å². The molecule has 1 aromatic carbocycles. The average molecular weight is 181 g/mol. The summed E-state index contributed by atoms with van der Waals surface area (Å²) in [4.78, 5) is 0. The zero-order valence-electron chi connectivity index (χ0n) is 7.28. The third-order valence-corrected chi connectivity index (χ3v) is 1.78. The number of oxime groups is 1. The van der Waals surface area contributed by atoms with Crippen molar-refractivity contribution >= 4 is 5.71 Å². The second kappa shape index (κ2) is 5.30. The molecule has 0 aliphatic rings. The van der Waals surface area contributed by atoms with Gasteiger partial charge in [0.25, 0.3) is 0 Å². The molecule has 0 fully saturated rings. The third kappa shape index (κ3) is 3.23. The minimum absolute atomic E-state index is 0.200. The van der Waals surface area contributed by atoms with Gasteiger partial charge in [-0.1, -0.05) is 35.5 Å². The Labute approximate surface area is 76.7 Å². The number of rotatable bonds is 4. The predicted molar refractivity (Wildman–Crippen MR) is 50.0 cm³/mol. The van der Waals surface area contributed by atoms with E-state index >= 15 is 0 Å². The Kier molecular flexibility index (Phi) is 3.96. The van der Waals surface area contributed by atoms with Gasteiger partial charge >= 0.3 is 0 Å². The molecule has 0 radical (unpaired) electrons. The Morgan fingerprint density at radius 2 is 2.00 bits per heavy atom. The van der Waals surface area contributed by atoms with Crippen LogP contribution in [0.25, 0.3) is 0 Å². The lowest BCUT2D eigenvalue weighted by Crippen LogP contribution is -2.04. The molecule has 0 aliphatic carbocycles. The molecule has 0 bridgehead atoms. The Hall–Kier alpha value is -1.38. The van der Waals surface area contributed by atoms with E-state index in [9.17, 15) is 4.39 Å². The molecule has 0 aliphatic heterocycles. The van der Waals surface area contributed by atoms with Gasteiger partial charge < -0.3 is 5.21 Å². The monoisotopic (exact) mass is 181 g/mol. The summed E-state index contributed by atoms with van der Waals surface area (Å²) in [5, 5.41) is 11.6. The van der Waals surface area contributed by atoms with Gasteiger partial charge in [0.1, 0.15) is 0 Å². The standard InChI is InChI=1S/C10H12FNO/c11-7-6-10(12-13)8-9-4-2-1-3-5-9/h1-5,13H,6-8H2. The third-order valence-electron chi connectivity index (χ3n) is 1.78. The van der Waals surface area contributed by atoms with Crippen molar-refractivity contribution in [1.29, 1.82) is 0 Å². The Balaban J connectivity index is 2.58. The molecule has 0 aromatic heterocycles. The van der Waals surface area contributed by atoms with Crippen LogP contribution < -0.4 is 0 Å². The van der Waals surface area contributed by atoms with E-state index in [-0.39, 0.29) is 6.42 Å². The Morgan fingerprint density at radius 3 is 2.54 bits per heavy atom. The molecule has 1 aromatic rings. The molecular formula is C10H12FNO. The number of nitrogens with zero attached hydrogens (tertiary/aromatic N) is 1. The summed E-state index contributed by atoms with van der Waals surface area (Å²) in [6.07, 6.45) is 0.715. The molecule has 0 spiro atoms. The average Bonchev–Trinajstić information content (AvgIpc) is 2.19. The lowest BCUT2D eigenvalue weighted by Gasteiger charge is -2.01. The fraction of sp³-hybridized carbons (Fsp3) is 0.300. The second-order valence-corrected chi connectivity index (χ2v) is 2.77. The van der Waals surface area contributed by atoms with Crippen molar-refractivity contribution in [1.82, 2.24) is 0 Å². The molecule has 0 atom stereocenters. The van der Waals surface area contributed by atoms with E-state index < -0.39 is 6.67 Å². The fourth-order valence-electron chi connectivity index (χ4n) is 1.11. The Bertz CT molecular complexity index is 272. The van der Waals surface area contributed by atoms with Crippen molar-refractivity contribution in [3.63, 3.8) is 0 Å². The van der Waals surface area contributed by atoms with E-state index in [0.29, 0.717) is 12.1 Å². The molecule has 0 heterocycles. The van der Waals surface area contributed by atoms with Crippen LogP contribution in [0, 0.1) is 0 Å². The van der Waals surface area contributed by atoms with Crippen LogP contribution in [-0.2, 0) is 6.42 Å². The Morgan fingerprint density at radius 1 is 1.31 bits per heavy atom. The zero-order valence-corrected chi connectivity index (χ0v) is 7.28. The first-order valence-corrected chi connectivity index (χ1v) is 4.16. The van der Waals surface area contributed by atoms with Gasteiger partial charge in [-0.2, -0.15) is 0 Å². The van der Waals surface area contributed by atoms with Crippen molar-refractivity contribution in [3.05, 3.63) is 35.9 Å². The van der Waals surface area contributed by atoms with Crippen LogP contribution in [0.1, 0.15) is 12.0 Å². The lowest BCUT2D eigenvalue weighted by molar-refractivity contribution is 0.315. The van der Waals surface area contributed by atoms with Crippen molar-refractivity contribution < 1.29 is 9.60 Å². The summed E-state index contributed by atoms with van der Waals surface area (Å²) in [6, 6.07) is 9.56. The first-order valence-electron chi connectivity index (χ1n) is 4.16. The highest BCUT2D eigenvalue weighted by Gasteiger charge is 2.01. The summed E-state index contributed by atoms with van der Waals surface area (Å²) in [5.74, 6) is 0. The summed E-state index contributed by atoms with van der Waals surface area (Å²) < 4.78 is 11.9. The number of benzene rings is 1. The van der Waals surface area contributed by atoms with Gasteiger partial charge in [0.05, 0.1) is 12.4 Å². The minimum Gasteiger partial charge on any atom is -0.411 e. The fourth-order valence-corrected chi connectivity index (χ4v) is 1.11. The molecule has 0 unspecified atom stereocenters. The van der Waals surface area contributed by atoms with Gasteiger partial charge in [-0.05, 0) is 5.56 Å². The largest absolute Gasteiger partial charge is 0.411 e. The maximum Gasteiger partial charge on any atom is 0.0947 e. The lowest BCUT2D eigenvalue weighted by atomic mass is 10.1. The van der Waals surface area contributed by atoms with E-state index in [0.717, 1.165) is 5.56 Å². The molecule has 1 N–H and O–H groups in total. The van der Waals surface area contributed by atoms with Crippen molar-refractivity contribution in [2.75, 3.05) is 6.67 Å². The molecule has 13 heavy (non-hydrogen) atoms. The molecular weight excluding hydrogens is 169 g/mol. The van der Waals surface area contributed by atoms with Gasteiger partial charge in [-0.3, -0.25) is 4.39 Å². The molecule has 0 saturated carbocycles. The molecule has 1 rings (SSSR count). The first-order chi connectivity index (χ1) is 6.36. The quantitative estimate of drug-likeness (QED) is 0.432. The topological polar surface area (TPSA) is 32.6 Å². The van der Waals surface area contributed by atoms with Crippen LogP contribution >= 0.6 is 0 Å². The van der Waals surface area contributed by atoms with Crippen LogP contribution in [0.5, 0.6) is 0 Å². The van der Waals surface area contributed by atoms with Gasteiger partial charge in [0.15, 0.2) is 0 Å². The van der Waals surface area contributed by atoms with Gasteiger partial charge in [-0.15, -0.1) is 0 Å². The van der Waals surface area contributed by atoms with Crippen LogP contribution in [0.15, 0.2) is 35.5 Å². The van der Waals surface area contributed by atoms with E-state index in [1.165, 1.54) is 0 Å². The van der Waals surface area contributed by atoms with E-state index in [4.69, 9.17) is 5.21 Å². The van der Waals surface area contributed by atoms with E-state index in [1.807, 2.05) is 30.3 Å². The molecule has 0 saturated heterocycles. The summed E-state index contributed by atoms with van der Waals surface area (Å²) >= 11 is 0. The normalized spacial score (nSPS) is 11.6. The summed E-state index contributed by atoms with van der Waals surface area (Å²) in [6.45, 7) is -0.480. The van der Waals surface area contributed by atoms with Crippen molar-refractivity contribution in [2.45, 2.75) is 12.8 Å². The minimum atomic E-state index is -0.480. The second-order valence-electron chi connectivity index (χ2n) is 2.77. The van der Waals surface area contributed by atoms with Gasteiger partial charge in [0.2, 0.25) is 0 Å². The predicted octanol–water partition coefficient (Wildman–Crippen LogP) is 2.42. The molecule has 2 nitrogen and oxygen atoms in total. The summed E-state index contributed by atoms with van der Waals surface area (Å²) in [5.41, 5.74) is 1.51. The van der Waals surface area contributed by atoms with Gasteiger partial charge in [0, 0.05) is 12.8 Å². The molecule has 3 heteroatoms. The molecule has 70 valence electrons. The van der Waals surface area contributed by atoms with Crippen LogP contribution in [0.3, 0.4) is 0 Å². The zero-order chi connectivity index (χ0) is 9.52. The highest BCUT2D eigenvalue weighted by molar-refractivity contribution is 5.86. The first kappa shape index (κ1) is 9.71.